The van der Waals surface area contributed by atoms with Gasteiger partial charge in [0.25, 0.3) is 0 Å². The zero-order valence-electron chi connectivity index (χ0n) is 7.79. The Hall–Kier alpha value is -2.80. The van der Waals surface area contributed by atoms with E-state index in [0.29, 0.717) is 0 Å². The van der Waals surface area contributed by atoms with Gasteiger partial charge in [0, 0.05) is 0 Å². The van der Waals surface area contributed by atoms with Crippen molar-refractivity contribution in [2.24, 2.45) is 0 Å². The first kappa shape index (κ1) is 9.74. The Morgan fingerprint density at radius 3 is 2.38 bits per heavy atom. The van der Waals surface area contributed by atoms with Gasteiger partial charge in [-0.25, -0.2) is 19.3 Å². The SMILES string of the molecule is N#Cc1ncn(-c2ncc(F)cn2)c1C#N. The topological polar surface area (TPSA) is 91.2 Å². The maximum absolute atomic E-state index is 12.6. The Kier molecular flexibility index (Phi) is 2.28. The van der Waals surface area contributed by atoms with E-state index in [1.54, 1.807) is 6.07 Å². The van der Waals surface area contributed by atoms with Crippen molar-refractivity contribution in [3.8, 4) is 18.1 Å². The van der Waals surface area contributed by atoms with Gasteiger partial charge in [-0.05, 0) is 0 Å². The molecule has 0 aliphatic carbocycles. The van der Waals surface area contributed by atoms with Crippen LogP contribution in [0.2, 0.25) is 0 Å². The molecule has 2 heterocycles. The van der Waals surface area contributed by atoms with Crippen molar-refractivity contribution in [2.45, 2.75) is 0 Å². The number of hydrogen-bond donors (Lipinski definition) is 0. The summed E-state index contributed by atoms with van der Waals surface area (Å²) in [6.45, 7) is 0. The molecule has 2 aromatic heterocycles. The molecule has 0 fully saturated rings. The van der Waals surface area contributed by atoms with Crippen LogP contribution in [0, 0.1) is 28.5 Å². The average molecular weight is 214 g/mol. The first-order chi connectivity index (χ1) is 7.76. The third-order valence-electron chi connectivity index (χ3n) is 1.80. The van der Waals surface area contributed by atoms with Crippen LogP contribution in [0.15, 0.2) is 18.7 Å². The summed E-state index contributed by atoms with van der Waals surface area (Å²) in [5.41, 5.74) is 0.00420. The molecule has 0 saturated carbocycles. The minimum absolute atomic E-state index is 0.0181. The Bertz CT molecular complexity index is 600. The molecule has 0 unspecified atom stereocenters. The number of imidazole rings is 1. The van der Waals surface area contributed by atoms with Gasteiger partial charge in [0.1, 0.15) is 18.5 Å². The molecule has 76 valence electrons. The molecule has 7 heteroatoms. The average Bonchev–Trinajstić information content (AvgIpc) is 2.72. The smallest absolute Gasteiger partial charge is 0.236 e. The van der Waals surface area contributed by atoms with E-state index in [9.17, 15) is 4.39 Å². The standard InChI is InChI=1S/C9H3FN6/c10-6-3-13-9(14-4-6)16-5-15-7(1-11)8(16)2-12/h3-5H. The van der Waals surface area contributed by atoms with Gasteiger partial charge in [-0.1, -0.05) is 0 Å². The van der Waals surface area contributed by atoms with Crippen molar-refractivity contribution >= 4 is 0 Å². The molecule has 0 aliphatic heterocycles. The van der Waals surface area contributed by atoms with Crippen LogP contribution in [0.5, 0.6) is 0 Å². The second-order valence-electron chi connectivity index (χ2n) is 2.74. The predicted molar refractivity (Wildman–Crippen MR) is 48.5 cm³/mol. The second kappa shape index (κ2) is 3.75. The number of rotatable bonds is 1. The third-order valence-corrected chi connectivity index (χ3v) is 1.80. The number of nitrogens with zero attached hydrogens (tertiary/aromatic N) is 6. The lowest BCUT2D eigenvalue weighted by Gasteiger charge is -1.99. The van der Waals surface area contributed by atoms with Crippen LogP contribution < -0.4 is 0 Å². The van der Waals surface area contributed by atoms with Crippen LogP contribution >= 0.6 is 0 Å². The summed E-state index contributed by atoms with van der Waals surface area (Å²) in [6, 6.07) is 3.58. The highest BCUT2D eigenvalue weighted by atomic mass is 19.1. The molecule has 2 aromatic rings. The van der Waals surface area contributed by atoms with E-state index in [1.165, 1.54) is 10.9 Å². The summed E-state index contributed by atoms with van der Waals surface area (Å²) in [5.74, 6) is -0.491. The van der Waals surface area contributed by atoms with Gasteiger partial charge in [0.05, 0.1) is 12.4 Å². The van der Waals surface area contributed by atoms with Crippen molar-refractivity contribution in [1.29, 1.82) is 10.5 Å². The van der Waals surface area contributed by atoms with Crippen molar-refractivity contribution in [3.05, 3.63) is 35.9 Å². The molecule has 6 nitrogen and oxygen atoms in total. The van der Waals surface area contributed by atoms with Crippen LogP contribution in [-0.2, 0) is 0 Å². The molecule has 16 heavy (non-hydrogen) atoms. The van der Waals surface area contributed by atoms with Crippen LogP contribution in [-0.4, -0.2) is 19.5 Å². The van der Waals surface area contributed by atoms with Gasteiger partial charge in [0.15, 0.2) is 17.2 Å². The van der Waals surface area contributed by atoms with Gasteiger partial charge in [-0.3, -0.25) is 4.57 Å². The summed E-state index contributed by atoms with van der Waals surface area (Å²) >= 11 is 0. The highest BCUT2D eigenvalue weighted by molar-refractivity contribution is 5.39. The van der Waals surface area contributed by atoms with E-state index in [1.807, 2.05) is 6.07 Å². The number of hydrogen-bond acceptors (Lipinski definition) is 5. The van der Waals surface area contributed by atoms with E-state index >= 15 is 0 Å². The molecule has 0 radical (unpaired) electrons. The highest BCUT2D eigenvalue weighted by Gasteiger charge is 2.12. The lowest BCUT2D eigenvalue weighted by molar-refractivity contribution is 0.610. The Balaban J connectivity index is 2.58. The zero-order valence-corrected chi connectivity index (χ0v) is 7.79. The monoisotopic (exact) mass is 214 g/mol. The minimum Gasteiger partial charge on any atom is -0.257 e. The van der Waals surface area contributed by atoms with Crippen LogP contribution in [0.4, 0.5) is 4.39 Å². The minimum atomic E-state index is -0.581. The molecule has 2 rings (SSSR count). The van der Waals surface area contributed by atoms with Crippen molar-refractivity contribution < 1.29 is 4.39 Å². The summed E-state index contributed by atoms with van der Waals surface area (Å²) in [6.07, 6.45) is 3.18. The molecule has 0 aromatic carbocycles. The van der Waals surface area contributed by atoms with Gasteiger partial charge >= 0.3 is 0 Å². The quantitative estimate of drug-likeness (QED) is 0.691. The summed E-state index contributed by atoms with van der Waals surface area (Å²) in [4.78, 5) is 11.1. The Labute approximate surface area is 89.2 Å². The Morgan fingerprint density at radius 1 is 1.12 bits per heavy atom. The Morgan fingerprint density at radius 2 is 1.81 bits per heavy atom. The van der Waals surface area contributed by atoms with Gasteiger partial charge in [0.2, 0.25) is 5.95 Å². The molecular formula is C9H3FN6. The van der Waals surface area contributed by atoms with Crippen LogP contribution in [0.25, 0.3) is 5.95 Å². The first-order valence-corrected chi connectivity index (χ1v) is 4.11. The van der Waals surface area contributed by atoms with E-state index in [-0.39, 0.29) is 17.3 Å². The van der Waals surface area contributed by atoms with E-state index in [2.05, 4.69) is 15.0 Å². The van der Waals surface area contributed by atoms with E-state index in [0.717, 1.165) is 12.4 Å². The van der Waals surface area contributed by atoms with Gasteiger partial charge in [-0.2, -0.15) is 10.5 Å². The fourth-order valence-corrected chi connectivity index (χ4v) is 1.12. The molecule has 0 atom stereocenters. The lowest BCUT2D eigenvalue weighted by Crippen LogP contribution is -2.02. The first-order valence-electron chi connectivity index (χ1n) is 4.11. The molecule has 0 saturated heterocycles. The van der Waals surface area contributed by atoms with Gasteiger partial charge < -0.3 is 0 Å². The normalized spacial score (nSPS) is 9.44. The fraction of sp³-hybridized carbons (Fsp3) is 0. The van der Waals surface area contributed by atoms with Crippen LogP contribution in [0.1, 0.15) is 11.4 Å². The van der Waals surface area contributed by atoms with E-state index < -0.39 is 5.82 Å². The number of aromatic nitrogens is 4. The van der Waals surface area contributed by atoms with Crippen LogP contribution in [0.3, 0.4) is 0 Å². The molecule has 0 bridgehead atoms. The summed E-state index contributed by atoms with van der Waals surface area (Å²) < 4.78 is 13.8. The lowest BCUT2D eigenvalue weighted by atomic mass is 10.3. The van der Waals surface area contributed by atoms with Crippen molar-refractivity contribution in [3.63, 3.8) is 0 Å². The largest absolute Gasteiger partial charge is 0.257 e. The number of halogens is 1. The predicted octanol–water partition coefficient (Wildman–Crippen LogP) is 0.545. The molecular weight excluding hydrogens is 211 g/mol. The zero-order chi connectivity index (χ0) is 11.5. The molecule has 0 amide bonds. The summed E-state index contributed by atoms with van der Waals surface area (Å²) in [7, 11) is 0. The van der Waals surface area contributed by atoms with Crippen molar-refractivity contribution in [1.82, 2.24) is 19.5 Å². The van der Waals surface area contributed by atoms with Gasteiger partial charge in [-0.15, -0.1) is 0 Å². The highest BCUT2D eigenvalue weighted by Crippen LogP contribution is 2.09. The van der Waals surface area contributed by atoms with E-state index in [4.69, 9.17) is 10.5 Å². The maximum atomic E-state index is 12.6. The maximum Gasteiger partial charge on any atom is 0.236 e. The van der Waals surface area contributed by atoms with Crippen molar-refractivity contribution in [2.75, 3.05) is 0 Å². The second-order valence-corrected chi connectivity index (χ2v) is 2.74. The molecule has 0 N–H and O–H groups in total. The third kappa shape index (κ3) is 1.47. The fourth-order valence-electron chi connectivity index (χ4n) is 1.12. The summed E-state index contributed by atoms with van der Waals surface area (Å²) in [5, 5.41) is 17.5. The number of nitriles is 2. The molecule has 0 aliphatic rings. The molecule has 0 spiro atoms.